The molecule has 9 heteroatoms. The third kappa shape index (κ3) is 3.26. The number of imide groups is 1. The first-order valence-electron chi connectivity index (χ1n) is 9.88. The maximum Gasteiger partial charge on any atom is 0.332 e. The summed E-state index contributed by atoms with van der Waals surface area (Å²) in [5.74, 6) is 0.479. The number of hydrogen-bond donors (Lipinski definition) is 1. The van der Waals surface area contributed by atoms with Crippen LogP contribution < -0.4 is 10.2 Å². The Morgan fingerprint density at radius 2 is 2.00 bits per heavy atom. The van der Waals surface area contributed by atoms with Crippen LogP contribution in [0.2, 0.25) is 0 Å². The minimum atomic E-state index is -0.324. The normalized spacial score (nSPS) is 18.5. The number of carbonyl (C=O) groups excluding carboxylic acids is 2. The molecule has 0 radical (unpaired) electrons. The molecule has 2 aromatic heterocycles. The fourth-order valence-corrected chi connectivity index (χ4v) is 3.87. The summed E-state index contributed by atoms with van der Waals surface area (Å²) in [6, 6.07) is 8.05. The first-order valence-corrected chi connectivity index (χ1v) is 9.88. The Kier molecular flexibility index (Phi) is 4.39. The van der Waals surface area contributed by atoms with E-state index in [1.807, 2.05) is 32.0 Å². The Hall–Kier alpha value is -3.46. The monoisotopic (exact) mass is 406 g/mol. The zero-order valence-corrected chi connectivity index (χ0v) is 16.8. The SMILES string of the molecule is Cc1noc(C)c1Cn1cc(N2C(=O)CN(Cc3ccccc3C3CN3)C2=O)cn1. The lowest BCUT2D eigenvalue weighted by Gasteiger charge is -2.18. The largest absolute Gasteiger partial charge is 0.361 e. The molecule has 0 aliphatic carbocycles. The number of aryl methyl sites for hydroxylation is 2. The molecule has 2 saturated heterocycles. The minimum Gasteiger partial charge on any atom is -0.361 e. The van der Waals surface area contributed by atoms with Crippen molar-refractivity contribution >= 4 is 17.6 Å². The number of amides is 3. The lowest BCUT2D eigenvalue weighted by molar-refractivity contribution is -0.116. The molecule has 0 saturated carbocycles. The Morgan fingerprint density at radius 3 is 2.73 bits per heavy atom. The lowest BCUT2D eigenvalue weighted by Crippen LogP contribution is -2.32. The third-order valence-electron chi connectivity index (χ3n) is 5.62. The van der Waals surface area contributed by atoms with E-state index < -0.39 is 0 Å². The van der Waals surface area contributed by atoms with Gasteiger partial charge in [-0.15, -0.1) is 0 Å². The van der Waals surface area contributed by atoms with Crippen molar-refractivity contribution in [2.45, 2.75) is 33.0 Å². The van der Waals surface area contributed by atoms with Gasteiger partial charge in [0.25, 0.3) is 5.91 Å². The smallest absolute Gasteiger partial charge is 0.332 e. The van der Waals surface area contributed by atoms with E-state index in [-0.39, 0.29) is 18.5 Å². The van der Waals surface area contributed by atoms with Gasteiger partial charge in [0.15, 0.2) is 0 Å². The molecule has 30 heavy (non-hydrogen) atoms. The van der Waals surface area contributed by atoms with Gasteiger partial charge in [0.05, 0.1) is 24.1 Å². The molecule has 3 aromatic rings. The molecule has 1 atom stereocenters. The van der Waals surface area contributed by atoms with Gasteiger partial charge in [-0.3, -0.25) is 9.48 Å². The number of rotatable bonds is 6. The van der Waals surface area contributed by atoms with Gasteiger partial charge in [0.1, 0.15) is 12.3 Å². The van der Waals surface area contributed by atoms with Crippen molar-refractivity contribution in [3.8, 4) is 0 Å². The van der Waals surface area contributed by atoms with Crippen LogP contribution in [0.4, 0.5) is 10.5 Å². The highest BCUT2D eigenvalue weighted by Crippen LogP contribution is 2.28. The summed E-state index contributed by atoms with van der Waals surface area (Å²) in [4.78, 5) is 28.4. The standard InChI is InChI=1S/C21H22N6O3/c1-13-18(14(2)30-24-13)11-26-10-16(7-23-26)27-20(28)12-25(21(27)29)9-15-5-3-4-6-17(15)19-8-22-19/h3-7,10,19,22H,8-9,11-12H2,1-2H3. The van der Waals surface area contributed by atoms with Gasteiger partial charge in [-0.05, 0) is 25.0 Å². The molecule has 5 rings (SSSR count). The average Bonchev–Trinajstić information content (AvgIpc) is 3.32. The van der Waals surface area contributed by atoms with Crippen LogP contribution in [0.25, 0.3) is 0 Å². The van der Waals surface area contributed by atoms with Crippen molar-refractivity contribution in [1.29, 1.82) is 0 Å². The van der Waals surface area contributed by atoms with Crippen LogP contribution in [-0.2, 0) is 17.9 Å². The van der Waals surface area contributed by atoms with E-state index in [2.05, 4.69) is 21.6 Å². The molecular formula is C21H22N6O3. The summed E-state index contributed by atoms with van der Waals surface area (Å²) < 4.78 is 6.87. The van der Waals surface area contributed by atoms with E-state index in [0.29, 0.717) is 24.8 Å². The number of anilines is 1. The number of nitrogens with zero attached hydrogens (tertiary/aromatic N) is 5. The number of aromatic nitrogens is 3. The van der Waals surface area contributed by atoms with E-state index in [9.17, 15) is 9.59 Å². The second-order valence-corrected chi connectivity index (χ2v) is 7.73. The van der Waals surface area contributed by atoms with Crippen LogP contribution in [0.3, 0.4) is 0 Å². The summed E-state index contributed by atoms with van der Waals surface area (Å²) in [5.41, 5.74) is 4.45. The van der Waals surface area contributed by atoms with Crippen LogP contribution in [0.15, 0.2) is 41.2 Å². The molecule has 4 heterocycles. The van der Waals surface area contributed by atoms with E-state index in [1.54, 1.807) is 22.0 Å². The van der Waals surface area contributed by atoms with E-state index >= 15 is 0 Å². The van der Waals surface area contributed by atoms with Crippen molar-refractivity contribution in [3.63, 3.8) is 0 Å². The number of nitrogens with one attached hydrogen (secondary N) is 1. The molecule has 0 bridgehead atoms. The van der Waals surface area contributed by atoms with Crippen LogP contribution in [-0.4, -0.2) is 44.9 Å². The second-order valence-electron chi connectivity index (χ2n) is 7.73. The average molecular weight is 406 g/mol. The first-order chi connectivity index (χ1) is 14.5. The van der Waals surface area contributed by atoms with Crippen molar-refractivity contribution < 1.29 is 14.1 Å². The van der Waals surface area contributed by atoms with Crippen molar-refractivity contribution in [2.75, 3.05) is 18.0 Å². The highest BCUT2D eigenvalue weighted by atomic mass is 16.5. The predicted molar refractivity (Wildman–Crippen MR) is 108 cm³/mol. The van der Waals surface area contributed by atoms with Gasteiger partial charge < -0.3 is 14.7 Å². The summed E-state index contributed by atoms with van der Waals surface area (Å²) >= 11 is 0. The first kappa shape index (κ1) is 18.6. The van der Waals surface area contributed by atoms with Gasteiger partial charge >= 0.3 is 6.03 Å². The molecule has 1 unspecified atom stereocenters. The second kappa shape index (κ2) is 7.10. The highest BCUT2D eigenvalue weighted by molar-refractivity contribution is 6.19. The van der Waals surface area contributed by atoms with Gasteiger partial charge in [0.2, 0.25) is 0 Å². The fourth-order valence-electron chi connectivity index (χ4n) is 3.87. The fraction of sp³-hybridized carbons (Fsp3) is 0.333. The molecule has 154 valence electrons. The zero-order chi connectivity index (χ0) is 20.8. The molecule has 2 aliphatic rings. The summed E-state index contributed by atoms with van der Waals surface area (Å²) in [6.45, 7) is 5.59. The topological polar surface area (TPSA) is 106 Å². The molecule has 9 nitrogen and oxygen atoms in total. The number of urea groups is 1. The number of hydrogen-bond acceptors (Lipinski definition) is 6. The van der Waals surface area contributed by atoms with Gasteiger partial charge in [-0.25, -0.2) is 9.69 Å². The lowest BCUT2D eigenvalue weighted by atomic mass is 10.0. The van der Waals surface area contributed by atoms with Crippen molar-refractivity contribution in [1.82, 2.24) is 25.2 Å². The third-order valence-corrected chi connectivity index (χ3v) is 5.62. The molecule has 2 fully saturated rings. The maximum atomic E-state index is 13.0. The summed E-state index contributed by atoms with van der Waals surface area (Å²) in [5, 5.41) is 11.6. The van der Waals surface area contributed by atoms with Crippen LogP contribution in [0.5, 0.6) is 0 Å². The molecular weight excluding hydrogens is 384 g/mol. The van der Waals surface area contributed by atoms with Gasteiger partial charge in [0, 0.05) is 30.9 Å². The molecule has 2 aliphatic heterocycles. The Bertz CT molecular complexity index is 1110. The van der Waals surface area contributed by atoms with E-state index in [4.69, 9.17) is 4.52 Å². The number of carbonyl (C=O) groups is 2. The molecule has 3 amide bonds. The van der Waals surface area contributed by atoms with Crippen LogP contribution in [0.1, 0.15) is 34.2 Å². The van der Waals surface area contributed by atoms with Crippen LogP contribution >= 0.6 is 0 Å². The predicted octanol–water partition coefficient (Wildman–Crippen LogP) is 2.15. The molecule has 0 spiro atoms. The van der Waals surface area contributed by atoms with Crippen molar-refractivity contribution in [2.24, 2.45) is 0 Å². The molecule has 1 N–H and O–H groups in total. The highest BCUT2D eigenvalue weighted by Gasteiger charge is 2.38. The Balaban J connectivity index is 1.33. The maximum absolute atomic E-state index is 13.0. The van der Waals surface area contributed by atoms with Gasteiger partial charge in [-0.1, -0.05) is 29.4 Å². The zero-order valence-electron chi connectivity index (χ0n) is 16.8. The van der Waals surface area contributed by atoms with Crippen LogP contribution in [0, 0.1) is 13.8 Å². The summed E-state index contributed by atoms with van der Waals surface area (Å²) in [6.07, 6.45) is 3.24. The van der Waals surface area contributed by atoms with E-state index in [1.165, 1.54) is 10.5 Å². The quantitative estimate of drug-likeness (QED) is 0.497. The summed E-state index contributed by atoms with van der Waals surface area (Å²) in [7, 11) is 0. The number of benzene rings is 1. The minimum absolute atomic E-state index is 0.0559. The Morgan fingerprint density at radius 1 is 1.20 bits per heavy atom. The van der Waals surface area contributed by atoms with Gasteiger partial charge in [-0.2, -0.15) is 5.10 Å². The van der Waals surface area contributed by atoms with E-state index in [0.717, 1.165) is 29.1 Å². The Labute approximate surface area is 173 Å². The molecule has 1 aromatic carbocycles. The van der Waals surface area contributed by atoms with Crippen molar-refractivity contribution in [3.05, 3.63) is 64.8 Å².